The molecule has 29 heavy (non-hydrogen) atoms. The van der Waals surface area contributed by atoms with E-state index in [0.29, 0.717) is 26.1 Å². The van der Waals surface area contributed by atoms with Crippen molar-refractivity contribution < 1.29 is 18.7 Å². The van der Waals surface area contributed by atoms with Gasteiger partial charge in [-0.25, -0.2) is 0 Å². The first-order chi connectivity index (χ1) is 14.2. The molecular formula is C23H30N2O4. The van der Waals surface area contributed by atoms with Gasteiger partial charge in [-0.15, -0.1) is 0 Å². The van der Waals surface area contributed by atoms with Gasteiger partial charge < -0.3 is 19.0 Å². The summed E-state index contributed by atoms with van der Waals surface area (Å²) >= 11 is 0. The van der Waals surface area contributed by atoms with Gasteiger partial charge in [0, 0.05) is 19.7 Å². The van der Waals surface area contributed by atoms with Crippen LogP contribution in [-0.4, -0.2) is 54.0 Å². The monoisotopic (exact) mass is 398 g/mol. The van der Waals surface area contributed by atoms with E-state index in [4.69, 9.17) is 9.15 Å². The van der Waals surface area contributed by atoms with Crippen LogP contribution in [0.3, 0.4) is 0 Å². The average molecular weight is 399 g/mol. The van der Waals surface area contributed by atoms with Crippen LogP contribution in [0.1, 0.15) is 37.5 Å². The minimum Gasteiger partial charge on any atom is -0.467 e. The molecule has 1 aromatic heterocycles. The molecule has 0 N–H and O–H groups in total. The van der Waals surface area contributed by atoms with E-state index in [2.05, 4.69) is 0 Å². The Labute approximate surface area is 172 Å². The zero-order valence-corrected chi connectivity index (χ0v) is 17.1. The molecule has 2 heterocycles. The predicted molar refractivity (Wildman–Crippen MR) is 110 cm³/mol. The highest BCUT2D eigenvalue weighted by atomic mass is 16.5. The third-order valence-electron chi connectivity index (χ3n) is 5.10. The van der Waals surface area contributed by atoms with E-state index < -0.39 is 0 Å². The molecule has 1 fully saturated rings. The van der Waals surface area contributed by atoms with Crippen molar-refractivity contribution in [3.05, 3.63) is 60.1 Å². The van der Waals surface area contributed by atoms with E-state index >= 15 is 0 Å². The smallest absolute Gasteiger partial charge is 0.242 e. The molecule has 0 aliphatic carbocycles. The molecule has 1 aliphatic heterocycles. The Morgan fingerprint density at radius 3 is 2.55 bits per heavy atom. The van der Waals surface area contributed by atoms with Crippen LogP contribution < -0.4 is 0 Å². The molecule has 2 amide bonds. The maximum atomic E-state index is 13.1. The molecular weight excluding hydrogens is 368 g/mol. The number of rotatable bonds is 10. The standard InChI is InChI=1S/C23H30N2O4/c1-2-12-24(22(26)15-19-8-4-3-5-9-19)18-23(27)25(16-20-10-6-13-28-20)17-21-11-7-14-29-21/h3-6,8-10,13,21H,2,7,11-12,14-18H2,1H3/t21-/m1/s1. The van der Waals surface area contributed by atoms with E-state index in [1.807, 2.05) is 49.4 Å². The van der Waals surface area contributed by atoms with Gasteiger partial charge in [0.1, 0.15) is 5.76 Å². The quantitative estimate of drug-likeness (QED) is 0.616. The zero-order chi connectivity index (χ0) is 20.5. The molecule has 1 saturated heterocycles. The zero-order valence-electron chi connectivity index (χ0n) is 17.1. The molecule has 0 spiro atoms. The van der Waals surface area contributed by atoms with Crippen LogP contribution in [-0.2, 0) is 27.3 Å². The van der Waals surface area contributed by atoms with Crippen LogP contribution in [0.4, 0.5) is 0 Å². The van der Waals surface area contributed by atoms with Crippen molar-refractivity contribution in [3.63, 3.8) is 0 Å². The van der Waals surface area contributed by atoms with Crippen molar-refractivity contribution in [2.75, 3.05) is 26.2 Å². The Hall–Kier alpha value is -2.60. The number of furan rings is 1. The van der Waals surface area contributed by atoms with E-state index in [-0.39, 0.29) is 24.5 Å². The summed E-state index contributed by atoms with van der Waals surface area (Å²) in [6.45, 7) is 4.30. The number of nitrogens with zero attached hydrogens (tertiary/aromatic N) is 2. The first kappa shape index (κ1) is 21.1. The first-order valence-corrected chi connectivity index (χ1v) is 10.4. The topological polar surface area (TPSA) is 63.0 Å². The Balaban J connectivity index is 1.65. The van der Waals surface area contributed by atoms with E-state index in [0.717, 1.165) is 37.2 Å². The molecule has 0 radical (unpaired) electrons. The van der Waals surface area contributed by atoms with Crippen molar-refractivity contribution in [1.82, 2.24) is 9.80 Å². The van der Waals surface area contributed by atoms with Crippen LogP contribution in [0.2, 0.25) is 0 Å². The molecule has 6 nitrogen and oxygen atoms in total. The Morgan fingerprint density at radius 2 is 1.90 bits per heavy atom. The summed E-state index contributed by atoms with van der Waals surface area (Å²) < 4.78 is 11.2. The number of benzene rings is 1. The molecule has 0 saturated carbocycles. The van der Waals surface area contributed by atoms with Crippen molar-refractivity contribution >= 4 is 11.8 Å². The summed E-state index contributed by atoms with van der Waals surface area (Å²) in [6.07, 6.45) is 4.74. The summed E-state index contributed by atoms with van der Waals surface area (Å²) in [5.41, 5.74) is 0.956. The number of hydrogen-bond donors (Lipinski definition) is 0. The highest BCUT2D eigenvalue weighted by Gasteiger charge is 2.26. The van der Waals surface area contributed by atoms with Crippen molar-refractivity contribution in [3.8, 4) is 0 Å². The number of amides is 2. The first-order valence-electron chi connectivity index (χ1n) is 10.4. The summed E-state index contributed by atoms with van der Waals surface area (Å²) in [6, 6.07) is 13.3. The third kappa shape index (κ3) is 6.46. The maximum absolute atomic E-state index is 13.1. The van der Waals surface area contributed by atoms with Crippen LogP contribution in [0, 0.1) is 0 Å². The summed E-state index contributed by atoms with van der Waals surface area (Å²) in [5.74, 6) is 0.627. The minimum atomic E-state index is -0.0771. The van der Waals surface area contributed by atoms with Crippen molar-refractivity contribution in [1.29, 1.82) is 0 Å². The van der Waals surface area contributed by atoms with E-state index in [1.165, 1.54) is 0 Å². The minimum absolute atomic E-state index is 0.0264. The molecule has 1 atom stereocenters. The van der Waals surface area contributed by atoms with Crippen molar-refractivity contribution in [2.45, 2.75) is 45.3 Å². The second-order valence-corrected chi connectivity index (χ2v) is 7.47. The fourth-order valence-corrected chi connectivity index (χ4v) is 3.59. The van der Waals surface area contributed by atoms with Gasteiger partial charge in [0.15, 0.2) is 0 Å². The van der Waals surface area contributed by atoms with Crippen LogP contribution >= 0.6 is 0 Å². The Bertz CT molecular complexity index is 754. The molecule has 2 aromatic rings. The van der Waals surface area contributed by atoms with Gasteiger partial charge >= 0.3 is 0 Å². The molecule has 1 aromatic carbocycles. The average Bonchev–Trinajstić information content (AvgIpc) is 3.42. The normalized spacial score (nSPS) is 16.0. The number of ether oxygens (including phenoxy) is 1. The van der Waals surface area contributed by atoms with Crippen LogP contribution in [0.25, 0.3) is 0 Å². The molecule has 1 aliphatic rings. The van der Waals surface area contributed by atoms with Gasteiger partial charge in [0.25, 0.3) is 0 Å². The second-order valence-electron chi connectivity index (χ2n) is 7.47. The molecule has 3 rings (SSSR count). The summed E-state index contributed by atoms with van der Waals surface area (Å²) in [4.78, 5) is 29.4. The van der Waals surface area contributed by atoms with Crippen LogP contribution in [0.15, 0.2) is 53.1 Å². The lowest BCUT2D eigenvalue weighted by atomic mass is 10.1. The van der Waals surface area contributed by atoms with Gasteiger partial charge in [-0.1, -0.05) is 37.3 Å². The third-order valence-corrected chi connectivity index (χ3v) is 5.10. The predicted octanol–water partition coefficient (Wildman–Crippen LogP) is 3.27. The maximum Gasteiger partial charge on any atom is 0.242 e. The lowest BCUT2D eigenvalue weighted by Crippen LogP contribution is -2.45. The van der Waals surface area contributed by atoms with Gasteiger partial charge in [-0.3, -0.25) is 9.59 Å². The Morgan fingerprint density at radius 1 is 1.07 bits per heavy atom. The van der Waals surface area contributed by atoms with Gasteiger partial charge in [0.05, 0.1) is 31.9 Å². The van der Waals surface area contributed by atoms with Crippen LogP contribution in [0.5, 0.6) is 0 Å². The number of carbonyl (C=O) groups excluding carboxylic acids is 2. The highest BCUT2D eigenvalue weighted by molar-refractivity contribution is 5.86. The molecule has 0 unspecified atom stereocenters. The molecule has 0 bridgehead atoms. The molecule has 156 valence electrons. The fourth-order valence-electron chi connectivity index (χ4n) is 3.59. The number of carbonyl (C=O) groups is 2. The van der Waals surface area contributed by atoms with Crippen molar-refractivity contribution in [2.24, 2.45) is 0 Å². The lowest BCUT2D eigenvalue weighted by molar-refractivity contribution is -0.141. The lowest BCUT2D eigenvalue weighted by Gasteiger charge is -2.28. The highest BCUT2D eigenvalue weighted by Crippen LogP contribution is 2.16. The van der Waals surface area contributed by atoms with E-state index in [1.54, 1.807) is 16.1 Å². The van der Waals surface area contributed by atoms with Gasteiger partial charge in [0.2, 0.25) is 11.8 Å². The Kier molecular flexibility index (Phi) is 7.87. The van der Waals surface area contributed by atoms with E-state index in [9.17, 15) is 9.59 Å². The summed E-state index contributed by atoms with van der Waals surface area (Å²) in [5, 5.41) is 0. The summed E-state index contributed by atoms with van der Waals surface area (Å²) in [7, 11) is 0. The number of hydrogen-bond acceptors (Lipinski definition) is 4. The fraction of sp³-hybridized carbons (Fsp3) is 0.478. The molecule has 6 heteroatoms. The largest absolute Gasteiger partial charge is 0.467 e. The second kappa shape index (κ2) is 10.8. The van der Waals surface area contributed by atoms with Gasteiger partial charge in [-0.05, 0) is 37.0 Å². The SMILES string of the molecule is CCCN(CC(=O)N(Cc1ccco1)C[C@H]1CCCO1)C(=O)Cc1ccccc1. The van der Waals surface area contributed by atoms with Gasteiger partial charge in [-0.2, -0.15) is 0 Å².